The van der Waals surface area contributed by atoms with Gasteiger partial charge >= 0.3 is 0 Å². The van der Waals surface area contributed by atoms with Gasteiger partial charge in [-0.05, 0) is 36.2 Å². The molecular formula is C13H15N3S. The van der Waals surface area contributed by atoms with E-state index in [-0.39, 0.29) is 0 Å². The van der Waals surface area contributed by atoms with Crippen molar-refractivity contribution in [1.82, 2.24) is 9.88 Å². The molecule has 3 nitrogen and oxygen atoms in total. The van der Waals surface area contributed by atoms with Gasteiger partial charge in [-0.1, -0.05) is 0 Å². The summed E-state index contributed by atoms with van der Waals surface area (Å²) in [5.41, 5.74) is 2.46. The third-order valence-electron chi connectivity index (χ3n) is 2.26. The summed E-state index contributed by atoms with van der Waals surface area (Å²) in [6.07, 6.45) is 5.45. The minimum absolute atomic E-state index is 1.03. The Morgan fingerprint density at radius 3 is 2.65 bits per heavy atom. The number of pyridine rings is 1. The average Bonchev–Trinajstić information content (AvgIpc) is 2.69. The first kappa shape index (κ1) is 11.8. The minimum Gasteiger partial charge on any atom is -0.369 e. The Morgan fingerprint density at radius 1 is 1.29 bits per heavy atom. The molecule has 0 aliphatic rings. The standard InChI is InChI=1S/C13H15N3S/c1-10-8-12(15-9-16(2)3)17-13(10)11-4-6-14-7-5-11/h4-9H,1-3H3/b15-9+. The van der Waals surface area contributed by atoms with Gasteiger partial charge in [0.25, 0.3) is 0 Å². The van der Waals surface area contributed by atoms with Gasteiger partial charge in [0.05, 0.1) is 6.34 Å². The predicted molar refractivity (Wildman–Crippen MR) is 74.1 cm³/mol. The average molecular weight is 245 g/mol. The summed E-state index contributed by atoms with van der Waals surface area (Å²) in [5.74, 6) is 0. The molecule has 2 aromatic heterocycles. The van der Waals surface area contributed by atoms with Crippen molar-refractivity contribution in [3.8, 4) is 10.4 Å². The zero-order chi connectivity index (χ0) is 12.3. The van der Waals surface area contributed by atoms with Crippen LogP contribution in [0.25, 0.3) is 10.4 Å². The Kier molecular flexibility index (Phi) is 3.54. The molecule has 0 amide bonds. The molecule has 17 heavy (non-hydrogen) atoms. The van der Waals surface area contributed by atoms with Crippen LogP contribution in [0.3, 0.4) is 0 Å². The summed E-state index contributed by atoms with van der Waals surface area (Å²) in [4.78, 5) is 11.6. The van der Waals surface area contributed by atoms with Crippen molar-refractivity contribution in [1.29, 1.82) is 0 Å². The second-order valence-electron chi connectivity index (χ2n) is 4.04. The van der Waals surface area contributed by atoms with Crippen molar-refractivity contribution in [2.24, 2.45) is 4.99 Å². The Hall–Kier alpha value is -1.68. The summed E-state index contributed by atoms with van der Waals surface area (Å²) in [6.45, 7) is 2.11. The van der Waals surface area contributed by atoms with E-state index < -0.39 is 0 Å². The van der Waals surface area contributed by atoms with Gasteiger partial charge in [0.15, 0.2) is 0 Å². The molecule has 0 atom stereocenters. The van der Waals surface area contributed by atoms with E-state index in [4.69, 9.17) is 0 Å². The number of nitrogens with zero attached hydrogens (tertiary/aromatic N) is 3. The van der Waals surface area contributed by atoms with Crippen molar-refractivity contribution in [2.75, 3.05) is 14.1 Å². The maximum absolute atomic E-state index is 4.42. The van der Waals surface area contributed by atoms with E-state index in [2.05, 4.69) is 23.0 Å². The molecule has 88 valence electrons. The van der Waals surface area contributed by atoms with E-state index in [9.17, 15) is 0 Å². The zero-order valence-corrected chi connectivity index (χ0v) is 11.0. The highest BCUT2D eigenvalue weighted by atomic mass is 32.1. The number of hydrogen-bond donors (Lipinski definition) is 0. The van der Waals surface area contributed by atoms with Crippen LogP contribution in [0, 0.1) is 6.92 Å². The van der Waals surface area contributed by atoms with Gasteiger partial charge in [-0.25, -0.2) is 4.99 Å². The van der Waals surface area contributed by atoms with E-state index >= 15 is 0 Å². The van der Waals surface area contributed by atoms with Crippen LogP contribution in [-0.4, -0.2) is 30.3 Å². The molecule has 2 heterocycles. The largest absolute Gasteiger partial charge is 0.369 e. The summed E-state index contributed by atoms with van der Waals surface area (Å²) >= 11 is 1.70. The Labute approximate surface area is 105 Å². The van der Waals surface area contributed by atoms with E-state index in [0.29, 0.717) is 0 Å². The molecule has 2 aromatic rings. The highest BCUT2D eigenvalue weighted by Crippen LogP contribution is 2.36. The summed E-state index contributed by atoms with van der Waals surface area (Å²) < 4.78 is 0. The Morgan fingerprint density at radius 2 is 2.00 bits per heavy atom. The second kappa shape index (κ2) is 5.10. The van der Waals surface area contributed by atoms with Gasteiger partial charge in [0.2, 0.25) is 0 Å². The van der Waals surface area contributed by atoms with E-state index in [1.54, 1.807) is 11.3 Å². The van der Waals surface area contributed by atoms with Crippen molar-refractivity contribution in [2.45, 2.75) is 6.92 Å². The fourth-order valence-electron chi connectivity index (χ4n) is 1.49. The predicted octanol–water partition coefficient (Wildman–Crippen LogP) is 3.34. The SMILES string of the molecule is Cc1cc(/N=C/N(C)C)sc1-c1ccncc1. The molecular weight excluding hydrogens is 230 g/mol. The Bertz CT molecular complexity index is 515. The first-order chi connectivity index (χ1) is 8.16. The van der Waals surface area contributed by atoms with Gasteiger partial charge in [-0.3, -0.25) is 4.98 Å². The molecule has 4 heteroatoms. The van der Waals surface area contributed by atoms with Crippen LogP contribution in [0.15, 0.2) is 35.6 Å². The molecule has 0 radical (unpaired) electrons. The molecule has 0 fully saturated rings. The lowest BCUT2D eigenvalue weighted by atomic mass is 10.1. The Balaban J connectivity index is 2.32. The first-order valence-corrected chi connectivity index (χ1v) is 6.20. The summed E-state index contributed by atoms with van der Waals surface area (Å²) in [7, 11) is 3.93. The maximum atomic E-state index is 4.42. The van der Waals surface area contributed by atoms with Gasteiger partial charge in [0, 0.05) is 31.4 Å². The van der Waals surface area contributed by atoms with Crippen LogP contribution < -0.4 is 0 Å². The topological polar surface area (TPSA) is 28.5 Å². The van der Waals surface area contributed by atoms with Gasteiger partial charge in [-0.2, -0.15) is 0 Å². The lowest BCUT2D eigenvalue weighted by Crippen LogP contribution is -2.06. The van der Waals surface area contributed by atoms with Crippen LogP contribution in [-0.2, 0) is 0 Å². The summed E-state index contributed by atoms with van der Waals surface area (Å²) in [5, 5.41) is 1.03. The van der Waals surface area contributed by atoms with Crippen molar-refractivity contribution in [3.63, 3.8) is 0 Å². The van der Waals surface area contributed by atoms with Crippen molar-refractivity contribution in [3.05, 3.63) is 36.2 Å². The fraction of sp³-hybridized carbons (Fsp3) is 0.231. The second-order valence-corrected chi connectivity index (χ2v) is 5.07. The number of aryl methyl sites for hydroxylation is 1. The summed E-state index contributed by atoms with van der Waals surface area (Å²) in [6, 6.07) is 6.16. The quantitative estimate of drug-likeness (QED) is 0.613. The number of thiophene rings is 1. The molecule has 0 saturated carbocycles. The van der Waals surface area contributed by atoms with Crippen LogP contribution in [0.2, 0.25) is 0 Å². The maximum Gasteiger partial charge on any atom is 0.118 e. The smallest absolute Gasteiger partial charge is 0.118 e. The number of hydrogen-bond acceptors (Lipinski definition) is 3. The van der Waals surface area contributed by atoms with Crippen LogP contribution in [0.4, 0.5) is 5.00 Å². The molecule has 0 unspecified atom stereocenters. The van der Waals surface area contributed by atoms with Crippen LogP contribution in [0.1, 0.15) is 5.56 Å². The molecule has 0 aliphatic heterocycles. The van der Waals surface area contributed by atoms with Crippen LogP contribution in [0.5, 0.6) is 0 Å². The van der Waals surface area contributed by atoms with Crippen LogP contribution >= 0.6 is 11.3 Å². The first-order valence-electron chi connectivity index (χ1n) is 5.38. The fourth-order valence-corrected chi connectivity index (χ4v) is 2.51. The molecule has 2 rings (SSSR count). The normalized spacial score (nSPS) is 11.0. The van der Waals surface area contributed by atoms with Gasteiger partial charge < -0.3 is 4.90 Å². The van der Waals surface area contributed by atoms with E-state index in [0.717, 1.165) is 5.00 Å². The van der Waals surface area contributed by atoms with Gasteiger partial charge in [0.1, 0.15) is 5.00 Å². The van der Waals surface area contributed by atoms with Gasteiger partial charge in [-0.15, -0.1) is 11.3 Å². The third-order valence-corrected chi connectivity index (χ3v) is 3.46. The monoisotopic (exact) mass is 245 g/mol. The zero-order valence-electron chi connectivity index (χ0n) is 10.2. The number of aliphatic imine (C=N–C) groups is 1. The molecule has 0 aromatic carbocycles. The molecule has 0 N–H and O–H groups in total. The lowest BCUT2D eigenvalue weighted by molar-refractivity contribution is 0.643. The molecule has 0 saturated heterocycles. The number of rotatable bonds is 3. The molecule has 0 spiro atoms. The number of aromatic nitrogens is 1. The highest BCUT2D eigenvalue weighted by Gasteiger charge is 2.06. The highest BCUT2D eigenvalue weighted by molar-refractivity contribution is 7.19. The lowest BCUT2D eigenvalue weighted by Gasteiger charge is -2.00. The van der Waals surface area contributed by atoms with Crippen molar-refractivity contribution < 1.29 is 0 Å². The van der Waals surface area contributed by atoms with E-state index in [1.165, 1.54) is 16.0 Å². The third kappa shape index (κ3) is 2.91. The molecule has 0 aliphatic carbocycles. The molecule has 0 bridgehead atoms. The van der Waals surface area contributed by atoms with Crippen molar-refractivity contribution >= 4 is 22.7 Å². The minimum atomic E-state index is 1.03. The van der Waals surface area contributed by atoms with E-state index in [1.807, 2.05) is 49.9 Å².